The van der Waals surface area contributed by atoms with Crippen molar-refractivity contribution in [2.45, 2.75) is 31.3 Å². The molecule has 0 saturated heterocycles. The molecule has 11 heteroatoms. The minimum Gasteiger partial charge on any atom is -0.497 e. The number of amides is 1. The SMILES string of the molecule is COc1ccc(S(=O)(=O)N[C@H](C(=O)OCC(=O)N(C)Cc2ccc(OC)c(F)c2)C(C)C)cc1. The fourth-order valence-electron chi connectivity index (χ4n) is 2.95. The summed E-state index contributed by atoms with van der Waals surface area (Å²) in [5, 5.41) is 0. The first kappa shape index (κ1) is 27.1. The van der Waals surface area contributed by atoms with Crippen LogP contribution in [0.3, 0.4) is 0 Å². The summed E-state index contributed by atoms with van der Waals surface area (Å²) in [6.45, 7) is 2.78. The van der Waals surface area contributed by atoms with Gasteiger partial charge in [-0.1, -0.05) is 19.9 Å². The molecular weight excluding hydrogens is 467 g/mol. The number of likely N-dealkylation sites (N-methyl/N-ethyl adjacent to an activating group) is 1. The predicted octanol–water partition coefficient (Wildman–Crippen LogP) is 2.35. The van der Waals surface area contributed by atoms with Gasteiger partial charge in [0.1, 0.15) is 11.8 Å². The second-order valence-corrected chi connectivity index (χ2v) is 9.56. The van der Waals surface area contributed by atoms with E-state index in [1.54, 1.807) is 19.9 Å². The number of halogens is 1. The Morgan fingerprint density at radius 2 is 1.71 bits per heavy atom. The number of hydrogen-bond donors (Lipinski definition) is 1. The predicted molar refractivity (Wildman–Crippen MR) is 122 cm³/mol. The molecule has 34 heavy (non-hydrogen) atoms. The molecule has 9 nitrogen and oxygen atoms in total. The highest BCUT2D eigenvalue weighted by molar-refractivity contribution is 7.89. The first-order valence-electron chi connectivity index (χ1n) is 10.4. The van der Waals surface area contributed by atoms with Gasteiger partial charge < -0.3 is 19.1 Å². The fraction of sp³-hybridized carbons (Fsp3) is 0.391. The minimum absolute atomic E-state index is 0.0470. The van der Waals surface area contributed by atoms with Crippen LogP contribution in [0.2, 0.25) is 0 Å². The van der Waals surface area contributed by atoms with Gasteiger partial charge in [0.05, 0.1) is 19.1 Å². The van der Waals surface area contributed by atoms with Crippen molar-refractivity contribution in [2.75, 3.05) is 27.9 Å². The summed E-state index contributed by atoms with van der Waals surface area (Å²) in [6, 6.07) is 8.78. The van der Waals surface area contributed by atoms with Gasteiger partial charge >= 0.3 is 5.97 Å². The van der Waals surface area contributed by atoms with Crippen LogP contribution >= 0.6 is 0 Å². The largest absolute Gasteiger partial charge is 0.497 e. The number of methoxy groups -OCH3 is 2. The summed E-state index contributed by atoms with van der Waals surface area (Å²) in [5.41, 5.74) is 0.521. The number of ether oxygens (including phenoxy) is 3. The molecule has 0 aromatic heterocycles. The molecule has 1 atom stereocenters. The van der Waals surface area contributed by atoms with Crippen LogP contribution in [-0.2, 0) is 30.9 Å². The highest BCUT2D eigenvalue weighted by Gasteiger charge is 2.30. The third kappa shape index (κ3) is 7.16. The molecule has 0 aliphatic heterocycles. The van der Waals surface area contributed by atoms with E-state index in [4.69, 9.17) is 14.2 Å². The van der Waals surface area contributed by atoms with E-state index in [9.17, 15) is 22.4 Å². The molecule has 0 fully saturated rings. The maximum absolute atomic E-state index is 13.9. The summed E-state index contributed by atoms with van der Waals surface area (Å²) in [6.07, 6.45) is 0. The van der Waals surface area contributed by atoms with E-state index in [0.717, 1.165) is 0 Å². The Morgan fingerprint density at radius 3 is 2.24 bits per heavy atom. The Balaban J connectivity index is 1.99. The molecule has 0 saturated carbocycles. The normalized spacial score (nSPS) is 12.2. The third-order valence-electron chi connectivity index (χ3n) is 4.97. The lowest BCUT2D eigenvalue weighted by atomic mass is 10.1. The van der Waals surface area contributed by atoms with Crippen LogP contribution in [0.25, 0.3) is 0 Å². The molecule has 0 heterocycles. The van der Waals surface area contributed by atoms with E-state index in [0.29, 0.717) is 11.3 Å². The summed E-state index contributed by atoms with van der Waals surface area (Å²) < 4.78 is 56.6. The van der Waals surface area contributed by atoms with E-state index in [1.165, 1.54) is 62.6 Å². The van der Waals surface area contributed by atoms with Crippen LogP contribution in [0.1, 0.15) is 19.4 Å². The van der Waals surface area contributed by atoms with Crippen LogP contribution < -0.4 is 14.2 Å². The van der Waals surface area contributed by atoms with Crippen LogP contribution in [0.15, 0.2) is 47.4 Å². The zero-order valence-corrected chi connectivity index (χ0v) is 20.5. The smallest absolute Gasteiger partial charge is 0.324 e. The Bertz CT molecular complexity index is 1100. The molecule has 0 spiro atoms. The van der Waals surface area contributed by atoms with Gasteiger partial charge in [-0.05, 0) is 47.9 Å². The lowest BCUT2D eigenvalue weighted by Crippen LogP contribution is -2.46. The van der Waals surface area contributed by atoms with Gasteiger partial charge in [-0.3, -0.25) is 9.59 Å². The Hall–Kier alpha value is -3.18. The summed E-state index contributed by atoms with van der Waals surface area (Å²) in [7, 11) is 0.259. The van der Waals surface area contributed by atoms with Gasteiger partial charge in [-0.2, -0.15) is 4.72 Å². The molecule has 0 aliphatic rings. The third-order valence-corrected chi connectivity index (χ3v) is 6.43. The number of hydrogen-bond acceptors (Lipinski definition) is 7. The lowest BCUT2D eigenvalue weighted by molar-refractivity contribution is -0.154. The molecule has 2 aromatic rings. The van der Waals surface area contributed by atoms with E-state index in [1.807, 2.05) is 0 Å². The van der Waals surface area contributed by atoms with Crippen molar-refractivity contribution in [3.8, 4) is 11.5 Å². The highest BCUT2D eigenvalue weighted by atomic mass is 32.2. The zero-order chi connectivity index (χ0) is 25.5. The van der Waals surface area contributed by atoms with Crippen molar-refractivity contribution in [1.29, 1.82) is 0 Å². The molecule has 1 amide bonds. The number of carbonyl (C=O) groups excluding carboxylic acids is 2. The second-order valence-electron chi connectivity index (χ2n) is 7.84. The second kappa shape index (κ2) is 11.8. The average molecular weight is 497 g/mol. The van der Waals surface area contributed by atoms with Crippen molar-refractivity contribution in [3.63, 3.8) is 0 Å². The molecule has 0 radical (unpaired) electrons. The Labute approximate surface area is 198 Å². The van der Waals surface area contributed by atoms with Crippen molar-refractivity contribution < 1.29 is 36.6 Å². The first-order chi connectivity index (χ1) is 16.0. The van der Waals surface area contributed by atoms with Crippen LogP contribution in [-0.4, -0.2) is 59.1 Å². The topological polar surface area (TPSA) is 111 Å². The molecule has 0 unspecified atom stereocenters. The summed E-state index contributed by atoms with van der Waals surface area (Å²) in [5.74, 6) is -1.86. The molecule has 0 aliphatic carbocycles. The van der Waals surface area contributed by atoms with Crippen molar-refractivity contribution in [3.05, 3.63) is 53.8 Å². The number of carbonyl (C=O) groups is 2. The molecule has 2 aromatic carbocycles. The highest BCUT2D eigenvalue weighted by Crippen LogP contribution is 2.19. The first-order valence-corrected chi connectivity index (χ1v) is 11.9. The molecule has 1 N–H and O–H groups in total. The van der Waals surface area contributed by atoms with Gasteiger partial charge in [0.2, 0.25) is 10.0 Å². The van der Waals surface area contributed by atoms with Gasteiger partial charge in [0.25, 0.3) is 5.91 Å². The number of nitrogens with zero attached hydrogens (tertiary/aromatic N) is 1. The van der Waals surface area contributed by atoms with Gasteiger partial charge in [-0.25, -0.2) is 12.8 Å². The van der Waals surface area contributed by atoms with Gasteiger partial charge in [-0.15, -0.1) is 0 Å². The molecule has 186 valence electrons. The summed E-state index contributed by atoms with van der Waals surface area (Å²) in [4.78, 5) is 26.2. The number of nitrogens with one attached hydrogen (secondary N) is 1. The van der Waals surface area contributed by atoms with Crippen LogP contribution in [0.5, 0.6) is 11.5 Å². The molecule has 2 rings (SSSR count). The number of sulfonamides is 1. The standard InChI is InChI=1S/C23H29FN2O7S/c1-15(2)22(25-34(29,30)18-9-7-17(31-4)8-10-18)23(28)33-14-21(27)26(3)13-16-6-11-20(32-5)19(24)12-16/h6-12,15,22,25H,13-14H2,1-5H3/t22-/m0/s1. The van der Waals surface area contributed by atoms with Gasteiger partial charge in [0.15, 0.2) is 18.2 Å². The minimum atomic E-state index is -4.03. The monoisotopic (exact) mass is 496 g/mol. The van der Waals surface area contributed by atoms with E-state index >= 15 is 0 Å². The van der Waals surface area contributed by atoms with Crippen molar-refractivity contribution >= 4 is 21.9 Å². The lowest BCUT2D eigenvalue weighted by Gasteiger charge is -2.22. The maximum Gasteiger partial charge on any atom is 0.324 e. The number of rotatable bonds is 11. The van der Waals surface area contributed by atoms with Crippen molar-refractivity contribution in [2.24, 2.45) is 5.92 Å². The molecular formula is C23H29FN2O7S. The van der Waals surface area contributed by atoms with Crippen LogP contribution in [0.4, 0.5) is 4.39 Å². The van der Waals surface area contributed by atoms with Gasteiger partial charge in [0, 0.05) is 13.6 Å². The fourth-order valence-corrected chi connectivity index (χ4v) is 4.28. The van der Waals surface area contributed by atoms with Crippen LogP contribution in [0, 0.1) is 11.7 Å². The quantitative estimate of drug-likeness (QED) is 0.476. The Kier molecular flexibility index (Phi) is 9.39. The van der Waals surface area contributed by atoms with Crippen molar-refractivity contribution in [1.82, 2.24) is 9.62 Å². The average Bonchev–Trinajstić information content (AvgIpc) is 2.80. The molecule has 0 bridgehead atoms. The van der Waals surface area contributed by atoms with E-state index < -0.39 is 46.3 Å². The maximum atomic E-state index is 13.9. The number of esters is 1. The van der Waals surface area contributed by atoms with E-state index in [-0.39, 0.29) is 17.2 Å². The van der Waals surface area contributed by atoms with E-state index in [2.05, 4.69) is 4.72 Å². The zero-order valence-electron chi connectivity index (χ0n) is 19.7. The Morgan fingerprint density at radius 1 is 1.06 bits per heavy atom. The number of benzene rings is 2. The summed E-state index contributed by atoms with van der Waals surface area (Å²) >= 11 is 0.